The highest BCUT2D eigenvalue weighted by atomic mass is 16.4. The smallest absolute Gasteiger partial charge is 0.326 e. The van der Waals surface area contributed by atoms with Gasteiger partial charge in [-0.05, 0) is 12.3 Å². The predicted octanol–water partition coefficient (Wildman–Crippen LogP) is -0.341. The molecule has 0 bridgehead atoms. The van der Waals surface area contributed by atoms with E-state index < -0.39 is 35.4 Å². The largest absolute Gasteiger partial charge is 0.480 e. The maximum Gasteiger partial charge on any atom is 0.326 e. The minimum atomic E-state index is -1.14. The molecule has 0 aliphatic carbocycles. The number of hydrogen-bond acceptors (Lipinski definition) is 3. The van der Waals surface area contributed by atoms with E-state index in [0.29, 0.717) is 0 Å². The van der Waals surface area contributed by atoms with E-state index in [4.69, 9.17) is 10.8 Å². The number of aliphatic carboxylic acids is 1. The third-order valence-electron chi connectivity index (χ3n) is 2.16. The maximum atomic E-state index is 11.4. The molecule has 0 fully saturated rings. The summed E-state index contributed by atoms with van der Waals surface area (Å²) in [7, 11) is 0. The van der Waals surface area contributed by atoms with Crippen molar-refractivity contribution < 1.29 is 19.5 Å². The van der Waals surface area contributed by atoms with Crippen LogP contribution in [0.3, 0.4) is 0 Å². The highest BCUT2D eigenvalue weighted by Gasteiger charge is 2.32. The molecule has 0 aliphatic heterocycles. The van der Waals surface area contributed by atoms with Gasteiger partial charge in [0.1, 0.15) is 12.1 Å². The third kappa shape index (κ3) is 5.19. The molecule has 17 heavy (non-hydrogen) atoms. The number of urea groups is 1. The van der Waals surface area contributed by atoms with Crippen LogP contribution in [0.5, 0.6) is 0 Å². The fourth-order valence-electron chi connectivity index (χ4n) is 1.09. The van der Waals surface area contributed by atoms with E-state index in [1.165, 1.54) is 6.92 Å². The summed E-state index contributed by atoms with van der Waals surface area (Å²) in [6.07, 6.45) is 0. The average Bonchev–Trinajstić information content (AvgIpc) is 2.11. The lowest BCUT2D eigenvalue weighted by Gasteiger charge is -2.28. The number of rotatable bonds is 4. The van der Waals surface area contributed by atoms with Crippen LogP contribution in [0.2, 0.25) is 0 Å². The minimum absolute atomic E-state index is 0.640. The molecule has 0 rings (SSSR count). The SMILES string of the molecule is CC(NC(=O)NC(C(=O)O)C(C)(C)C)C(N)=O. The Morgan fingerprint density at radius 2 is 1.65 bits per heavy atom. The first-order valence-corrected chi connectivity index (χ1v) is 5.15. The molecule has 98 valence electrons. The molecule has 0 aromatic carbocycles. The van der Waals surface area contributed by atoms with E-state index in [1.54, 1.807) is 20.8 Å². The lowest BCUT2D eigenvalue weighted by Crippen LogP contribution is -2.55. The second-order valence-corrected chi connectivity index (χ2v) is 4.88. The van der Waals surface area contributed by atoms with E-state index in [-0.39, 0.29) is 0 Å². The van der Waals surface area contributed by atoms with Crippen LogP contribution in [0.1, 0.15) is 27.7 Å². The number of carboxylic acids is 1. The van der Waals surface area contributed by atoms with E-state index >= 15 is 0 Å². The number of carbonyl (C=O) groups excluding carboxylic acids is 2. The van der Waals surface area contributed by atoms with Crippen LogP contribution < -0.4 is 16.4 Å². The van der Waals surface area contributed by atoms with Crippen LogP contribution in [0.4, 0.5) is 4.79 Å². The first-order chi connectivity index (χ1) is 7.55. The summed E-state index contributed by atoms with van der Waals surface area (Å²) in [6.45, 7) is 6.46. The van der Waals surface area contributed by atoms with Crippen LogP contribution in [-0.4, -0.2) is 35.1 Å². The Morgan fingerprint density at radius 3 is 1.94 bits per heavy atom. The van der Waals surface area contributed by atoms with Crippen molar-refractivity contribution >= 4 is 17.9 Å². The predicted molar refractivity (Wildman–Crippen MR) is 61.2 cm³/mol. The van der Waals surface area contributed by atoms with Crippen molar-refractivity contribution in [2.45, 2.75) is 39.8 Å². The summed E-state index contributed by atoms with van der Waals surface area (Å²) in [5.74, 6) is -1.83. The van der Waals surface area contributed by atoms with Gasteiger partial charge in [0.25, 0.3) is 0 Å². The number of primary amides is 1. The van der Waals surface area contributed by atoms with Gasteiger partial charge in [0, 0.05) is 0 Å². The van der Waals surface area contributed by atoms with Gasteiger partial charge >= 0.3 is 12.0 Å². The Morgan fingerprint density at radius 1 is 1.18 bits per heavy atom. The maximum absolute atomic E-state index is 11.4. The molecule has 0 aliphatic rings. The zero-order valence-electron chi connectivity index (χ0n) is 10.4. The molecule has 0 aromatic heterocycles. The van der Waals surface area contributed by atoms with Crippen LogP contribution in [0.25, 0.3) is 0 Å². The Balaban J connectivity index is 4.54. The minimum Gasteiger partial charge on any atom is -0.480 e. The van der Waals surface area contributed by atoms with Crippen molar-refractivity contribution in [1.82, 2.24) is 10.6 Å². The average molecular weight is 245 g/mol. The summed E-state index contributed by atoms with van der Waals surface area (Å²) in [6, 6.07) is -2.65. The summed E-state index contributed by atoms with van der Waals surface area (Å²) >= 11 is 0. The Bertz CT molecular complexity index is 322. The van der Waals surface area contributed by atoms with Gasteiger partial charge in [0.15, 0.2) is 0 Å². The van der Waals surface area contributed by atoms with Crippen molar-refractivity contribution in [3.63, 3.8) is 0 Å². The zero-order valence-corrected chi connectivity index (χ0v) is 10.4. The first kappa shape index (κ1) is 15.2. The topological polar surface area (TPSA) is 122 Å². The van der Waals surface area contributed by atoms with Gasteiger partial charge in [-0.3, -0.25) is 4.79 Å². The van der Waals surface area contributed by atoms with Gasteiger partial charge in [-0.25, -0.2) is 9.59 Å². The normalized spacial score (nSPS) is 14.6. The number of nitrogens with two attached hydrogens (primary N) is 1. The Hall–Kier alpha value is -1.79. The molecule has 0 heterocycles. The molecule has 0 saturated carbocycles. The molecular formula is C10H19N3O4. The lowest BCUT2D eigenvalue weighted by molar-refractivity contribution is -0.141. The van der Waals surface area contributed by atoms with Crippen molar-refractivity contribution in [2.75, 3.05) is 0 Å². The Labute approximate surface area is 99.7 Å². The summed E-state index contributed by atoms with van der Waals surface area (Å²) in [5.41, 5.74) is 4.32. The monoisotopic (exact) mass is 245 g/mol. The summed E-state index contributed by atoms with van der Waals surface area (Å²) in [4.78, 5) is 33.1. The van der Waals surface area contributed by atoms with E-state index in [0.717, 1.165) is 0 Å². The van der Waals surface area contributed by atoms with E-state index in [2.05, 4.69) is 10.6 Å². The molecule has 0 radical (unpaired) electrons. The number of carbonyl (C=O) groups is 3. The van der Waals surface area contributed by atoms with Gasteiger partial charge in [0.2, 0.25) is 5.91 Å². The number of hydrogen-bond donors (Lipinski definition) is 4. The molecule has 2 atom stereocenters. The molecule has 0 spiro atoms. The van der Waals surface area contributed by atoms with Crippen molar-refractivity contribution in [1.29, 1.82) is 0 Å². The van der Waals surface area contributed by atoms with Gasteiger partial charge < -0.3 is 21.5 Å². The molecule has 7 heteroatoms. The molecule has 2 unspecified atom stereocenters. The third-order valence-corrected chi connectivity index (χ3v) is 2.16. The molecule has 3 amide bonds. The number of amides is 3. The molecular weight excluding hydrogens is 226 g/mol. The van der Waals surface area contributed by atoms with Gasteiger partial charge in [-0.2, -0.15) is 0 Å². The van der Waals surface area contributed by atoms with E-state index in [1.807, 2.05) is 0 Å². The highest BCUT2D eigenvalue weighted by molar-refractivity contribution is 5.87. The van der Waals surface area contributed by atoms with Gasteiger partial charge in [-0.1, -0.05) is 20.8 Å². The number of nitrogens with one attached hydrogen (secondary N) is 2. The summed E-state index contributed by atoms with van der Waals surface area (Å²) in [5, 5.41) is 13.5. The van der Waals surface area contributed by atoms with Crippen LogP contribution in [-0.2, 0) is 9.59 Å². The van der Waals surface area contributed by atoms with E-state index in [9.17, 15) is 14.4 Å². The zero-order chi connectivity index (χ0) is 13.8. The van der Waals surface area contributed by atoms with Crippen LogP contribution in [0, 0.1) is 5.41 Å². The summed E-state index contributed by atoms with van der Waals surface area (Å²) < 4.78 is 0. The molecule has 0 saturated heterocycles. The second kappa shape index (κ2) is 5.51. The highest BCUT2D eigenvalue weighted by Crippen LogP contribution is 2.19. The fourth-order valence-corrected chi connectivity index (χ4v) is 1.09. The fraction of sp³-hybridized carbons (Fsp3) is 0.700. The molecule has 5 N–H and O–H groups in total. The van der Waals surface area contributed by atoms with Crippen molar-refractivity contribution in [3.8, 4) is 0 Å². The molecule has 0 aromatic rings. The first-order valence-electron chi connectivity index (χ1n) is 5.15. The van der Waals surface area contributed by atoms with Gasteiger partial charge in [0.05, 0.1) is 0 Å². The van der Waals surface area contributed by atoms with Crippen LogP contribution in [0.15, 0.2) is 0 Å². The molecule has 7 nitrogen and oxygen atoms in total. The van der Waals surface area contributed by atoms with Crippen LogP contribution >= 0.6 is 0 Å². The quantitative estimate of drug-likeness (QED) is 0.541. The Kier molecular flexibility index (Phi) is 4.93. The lowest BCUT2D eigenvalue weighted by atomic mass is 9.87. The van der Waals surface area contributed by atoms with Crippen molar-refractivity contribution in [2.24, 2.45) is 11.1 Å². The second-order valence-electron chi connectivity index (χ2n) is 4.88. The van der Waals surface area contributed by atoms with Gasteiger partial charge in [-0.15, -0.1) is 0 Å². The van der Waals surface area contributed by atoms with Crippen molar-refractivity contribution in [3.05, 3.63) is 0 Å². The standard InChI is InChI=1S/C10H19N3O4/c1-5(7(11)14)12-9(17)13-6(8(15)16)10(2,3)4/h5-6H,1-4H3,(H2,11,14)(H,15,16)(H2,12,13,17). The number of carboxylic acid groups (broad SMARTS) is 1.